The van der Waals surface area contributed by atoms with Gasteiger partial charge in [-0.2, -0.15) is 0 Å². The number of hydrogen-bond acceptors (Lipinski definition) is 3. The third-order valence-electron chi connectivity index (χ3n) is 2.84. The maximum absolute atomic E-state index is 9.07. The second-order valence-corrected chi connectivity index (χ2v) is 4.26. The number of aliphatic hydroxyl groups is 1. The van der Waals surface area contributed by atoms with E-state index >= 15 is 0 Å². The first-order valence-electron chi connectivity index (χ1n) is 5.68. The summed E-state index contributed by atoms with van der Waals surface area (Å²) in [5, 5.41) is 9.07. The van der Waals surface area contributed by atoms with E-state index in [4.69, 9.17) is 14.6 Å². The molecule has 0 amide bonds. The Labute approximate surface area is 96.0 Å². The fourth-order valence-corrected chi connectivity index (χ4v) is 1.66. The molecule has 88 valence electrons. The highest BCUT2D eigenvalue weighted by molar-refractivity contribution is 5.36. The van der Waals surface area contributed by atoms with Crippen LogP contribution >= 0.6 is 0 Å². The molecule has 0 heterocycles. The maximum atomic E-state index is 9.07. The Kier molecular flexibility index (Phi) is 3.80. The highest BCUT2D eigenvalue weighted by Crippen LogP contribution is 2.29. The zero-order chi connectivity index (χ0) is 11.4. The molecule has 1 aromatic rings. The number of aliphatic hydroxyl groups excluding tert-OH is 1. The van der Waals surface area contributed by atoms with Gasteiger partial charge in [0.15, 0.2) is 0 Å². The van der Waals surface area contributed by atoms with Crippen LogP contribution in [0.2, 0.25) is 0 Å². The average Bonchev–Trinajstić information content (AvgIpc) is 3.13. The summed E-state index contributed by atoms with van der Waals surface area (Å²) >= 11 is 0. The van der Waals surface area contributed by atoms with Crippen LogP contribution in [0, 0.1) is 5.92 Å². The number of hydrogen-bond donors (Lipinski definition) is 1. The SMILES string of the molecule is COc1ccc(CO)cc1COCC1CC1. The average molecular weight is 222 g/mol. The summed E-state index contributed by atoms with van der Waals surface area (Å²) < 4.78 is 10.9. The Bertz CT molecular complexity index is 345. The molecule has 0 saturated heterocycles. The summed E-state index contributed by atoms with van der Waals surface area (Å²) in [4.78, 5) is 0. The molecule has 0 bridgehead atoms. The highest BCUT2D eigenvalue weighted by atomic mass is 16.5. The molecular weight excluding hydrogens is 204 g/mol. The van der Waals surface area contributed by atoms with Crippen LogP contribution in [0.1, 0.15) is 24.0 Å². The molecule has 0 aromatic heterocycles. The molecule has 1 aliphatic carbocycles. The summed E-state index contributed by atoms with van der Waals surface area (Å²) in [6, 6.07) is 5.68. The molecule has 1 aromatic carbocycles. The monoisotopic (exact) mass is 222 g/mol. The Morgan fingerprint density at radius 3 is 2.81 bits per heavy atom. The van der Waals surface area contributed by atoms with Crippen LogP contribution in [0.25, 0.3) is 0 Å². The van der Waals surface area contributed by atoms with E-state index in [-0.39, 0.29) is 6.61 Å². The van der Waals surface area contributed by atoms with E-state index in [0.717, 1.165) is 29.4 Å². The van der Waals surface area contributed by atoms with Gasteiger partial charge in [0, 0.05) is 12.2 Å². The minimum Gasteiger partial charge on any atom is -0.496 e. The molecular formula is C13H18O3. The molecule has 0 radical (unpaired) electrons. The molecule has 3 nitrogen and oxygen atoms in total. The lowest BCUT2D eigenvalue weighted by atomic mass is 10.1. The molecule has 16 heavy (non-hydrogen) atoms. The van der Waals surface area contributed by atoms with E-state index in [0.29, 0.717) is 6.61 Å². The summed E-state index contributed by atoms with van der Waals surface area (Å²) in [7, 11) is 1.65. The first-order chi connectivity index (χ1) is 7.83. The van der Waals surface area contributed by atoms with E-state index in [1.54, 1.807) is 7.11 Å². The van der Waals surface area contributed by atoms with Gasteiger partial charge in [0.2, 0.25) is 0 Å². The number of methoxy groups -OCH3 is 1. The zero-order valence-electron chi connectivity index (χ0n) is 9.61. The van der Waals surface area contributed by atoms with E-state index in [1.807, 2.05) is 18.2 Å². The molecule has 0 aliphatic heterocycles. The Morgan fingerprint density at radius 2 is 2.19 bits per heavy atom. The summed E-state index contributed by atoms with van der Waals surface area (Å²) in [5.41, 5.74) is 1.90. The molecule has 1 saturated carbocycles. The van der Waals surface area contributed by atoms with Crippen molar-refractivity contribution in [3.8, 4) is 5.75 Å². The second kappa shape index (κ2) is 5.32. The Balaban J connectivity index is 1.97. The van der Waals surface area contributed by atoms with Gasteiger partial charge in [-0.05, 0) is 36.5 Å². The zero-order valence-corrected chi connectivity index (χ0v) is 9.61. The van der Waals surface area contributed by atoms with Crippen LogP contribution in [0.4, 0.5) is 0 Å². The summed E-state index contributed by atoms with van der Waals surface area (Å²) in [5.74, 6) is 1.60. The molecule has 0 atom stereocenters. The second-order valence-electron chi connectivity index (χ2n) is 4.26. The molecule has 2 rings (SSSR count). The van der Waals surface area contributed by atoms with Crippen LogP contribution in [0.15, 0.2) is 18.2 Å². The van der Waals surface area contributed by atoms with Crippen LogP contribution in [0.3, 0.4) is 0 Å². The lowest BCUT2D eigenvalue weighted by Crippen LogP contribution is -2.00. The van der Waals surface area contributed by atoms with E-state index in [2.05, 4.69) is 0 Å². The third kappa shape index (κ3) is 2.97. The van der Waals surface area contributed by atoms with Crippen molar-refractivity contribution in [3.05, 3.63) is 29.3 Å². The maximum Gasteiger partial charge on any atom is 0.124 e. The van der Waals surface area contributed by atoms with E-state index in [1.165, 1.54) is 12.8 Å². The van der Waals surface area contributed by atoms with Crippen LogP contribution < -0.4 is 4.74 Å². The standard InChI is InChI=1S/C13H18O3/c1-15-13-5-4-11(7-14)6-12(13)9-16-8-10-2-3-10/h4-6,10,14H,2-3,7-9H2,1H3. The van der Waals surface area contributed by atoms with Gasteiger partial charge in [-0.15, -0.1) is 0 Å². The van der Waals surface area contributed by atoms with Crippen molar-refractivity contribution < 1.29 is 14.6 Å². The van der Waals surface area contributed by atoms with Gasteiger partial charge in [-0.1, -0.05) is 6.07 Å². The summed E-state index contributed by atoms with van der Waals surface area (Å²) in [6.07, 6.45) is 2.60. The molecule has 1 N–H and O–H groups in total. The molecule has 1 aliphatic rings. The quantitative estimate of drug-likeness (QED) is 0.801. The Hall–Kier alpha value is -1.06. The molecule has 0 spiro atoms. The lowest BCUT2D eigenvalue weighted by Gasteiger charge is -2.10. The van der Waals surface area contributed by atoms with Crippen molar-refractivity contribution in [1.82, 2.24) is 0 Å². The fraction of sp³-hybridized carbons (Fsp3) is 0.538. The van der Waals surface area contributed by atoms with E-state index in [9.17, 15) is 0 Å². The van der Waals surface area contributed by atoms with Gasteiger partial charge >= 0.3 is 0 Å². The lowest BCUT2D eigenvalue weighted by molar-refractivity contribution is 0.109. The van der Waals surface area contributed by atoms with Crippen molar-refractivity contribution in [2.75, 3.05) is 13.7 Å². The number of benzene rings is 1. The van der Waals surface area contributed by atoms with Crippen molar-refractivity contribution in [1.29, 1.82) is 0 Å². The fourth-order valence-electron chi connectivity index (χ4n) is 1.66. The molecule has 3 heteroatoms. The van der Waals surface area contributed by atoms with Crippen molar-refractivity contribution in [3.63, 3.8) is 0 Å². The smallest absolute Gasteiger partial charge is 0.124 e. The largest absolute Gasteiger partial charge is 0.496 e. The third-order valence-corrected chi connectivity index (χ3v) is 2.84. The minimum absolute atomic E-state index is 0.0552. The highest BCUT2D eigenvalue weighted by Gasteiger charge is 2.21. The summed E-state index contributed by atoms with van der Waals surface area (Å²) in [6.45, 7) is 1.46. The van der Waals surface area contributed by atoms with Gasteiger partial charge < -0.3 is 14.6 Å². The number of rotatable bonds is 6. The molecule has 1 fully saturated rings. The minimum atomic E-state index is 0.0552. The first kappa shape index (κ1) is 11.4. The van der Waals surface area contributed by atoms with Gasteiger partial charge in [0.05, 0.1) is 20.3 Å². The predicted octanol–water partition coefficient (Wildman–Crippen LogP) is 2.11. The first-order valence-corrected chi connectivity index (χ1v) is 5.68. The van der Waals surface area contributed by atoms with Crippen LogP contribution in [-0.4, -0.2) is 18.8 Å². The normalized spacial score (nSPS) is 15.1. The van der Waals surface area contributed by atoms with Gasteiger partial charge in [0.25, 0.3) is 0 Å². The van der Waals surface area contributed by atoms with Crippen molar-refractivity contribution in [2.24, 2.45) is 5.92 Å². The van der Waals surface area contributed by atoms with Gasteiger partial charge in [-0.25, -0.2) is 0 Å². The molecule has 0 unspecified atom stereocenters. The van der Waals surface area contributed by atoms with Crippen molar-refractivity contribution >= 4 is 0 Å². The van der Waals surface area contributed by atoms with Gasteiger partial charge in [0.1, 0.15) is 5.75 Å². The van der Waals surface area contributed by atoms with E-state index < -0.39 is 0 Å². The number of ether oxygens (including phenoxy) is 2. The predicted molar refractivity (Wildman–Crippen MR) is 61.3 cm³/mol. The topological polar surface area (TPSA) is 38.7 Å². The van der Waals surface area contributed by atoms with Gasteiger partial charge in [-0.3, -0.25) is 0 Å². The van der Waals surface area contributed by atoms with Crippen LogP contribution in [-0.2, 0) is 18.0 Å². The Morgan fingerprint density at radius 1 is 1.38 bits per heavy atom. The van der Waals surface area contributed by atoms with Crippen molar-refractivity contribution in [2.45, 2.75) is 26.1 Å². The van der Waals surface area contributed by atoms with Crippen LogP contribution in [0.5, 0.6) is 5.75 Å².